The maximum absolute atomic E-state index is 12.6. The third kappa shape index (κ3) is 4.11. The Morgan fingerprint density at radius 2 is 2.11 bits per heavy atom. The third-order valence-electron chi connectivity index (χ3n) is 4.53. The van der Waals surface area contributed by atoms with E-state index in [-0.39, 0.29) is 12.0 Å². The Morgan fingerprint density at radius 3 is 2.93 bits per heavy atom. The number of hydrogen-bond donors (Lipinski definition) is 1. The van der Waals surface area contributed by atoms with Crippen LogP contribution in [0.1, 0.15) is 41.6 Å². The molecule has 0 aliphatic heterocycles. The molecule has 0 unspecified atom stereocenters. The predicted octanol–water partition coefficient (Wildman–Crippen LogP) is 2.31. The first-order valence-corrected chi connectivity index (χ1v) is 8.99. The zero-order valence-corrected chi connectivity index (χ0v) is 14.8. The van der Waals surface area contributed by atoms with E-state index in [2.05, 4.69) is 25.4 Å². The van der Waals surface area contributed by atoms with Crippen molar-refractivity contribution in [1.82, 2.24) is 30.0 Å². The van der Waals surface area contributed by atoms with Gasteiger partial charge in [0.2, 0.25) is 5.88 Å². The molecule has 0 spiro atoms. The zero-order chi connectivity index (χ0) is 18.5. The Kier molecular flexibility index (Phi) is 5.04. The van der Waals surface area contributed by atoms with Crippen LogP contribution in [0.3, 0.4) is 0 Å². The van der Waals surface area contributed by atoms with Gasteiger partial charge < -0.3 is 10.1 Å². The molecule has 0 saturated heterocycles. The van der Waals surface area contributed by atoms with Gasteiger partial charge in [-0.1, -0.05) is 6.07 Å². The summed E-state index contributed by atoms with van der Waals surface area (Å²) in [7, 11) is 0. The highest BCUT2D eigenvalue weighted by Crippen LogP contribution is 2.25. The number of amides is 1. The van der Waals surface area contributed by atoms with Crippen molar-refractivity contribution in [2.75, 3.05) is 0 Å². The highest BCUT2D eigenvalue weighted by molar-refractivity contribution is 5.94. The van der Waals surface area contributed by atoms with Crippen molar-refractivity contribution in [2.45, 2.75) is 38.3 Å². The number of pyridine rings is 2. The number of nitrogens with one attached hydrogen (secondary N) is 1. The third-order valence-corrected chi connectivity index (χ3v) is 4.53. The van der Waals surface area contributed by atoms with E-state index in [4.69, 9.17) is 4.74 Å². The Labute approximate surface area is 156 Å². The van der Waals surface area contributed by atoms with Crippen LogP contribution in [0.4, 0.5) is 0 Å². The van der Waals surface area contributed by atoms with Crippen LogP contribution in [-0.4, -0.2) is 36.7 Å². The predicted molar refractivity (Wildman–Crippen MR) is 97.4 cm³/mol. The lowest BCUT2D eigenvalue weighted by molar-refractivity contribution is 0.0950. The summed E-state index contributed by atoms with van der Waals surface area (Å²) in [6, 6.07) is 7.10. The van der Waals surface area contributed by atoms with E-state index in [0.717, 1.165) is 18.4 Å². The van der Waals surface area contributed by atoms with Gasteiger partial charge in [-0.3, -0.25) is 4.79 Å². The molecule has 1 amide bonds. The fourth-order valence-electron chi connectivity index (χ4n) is 3.12. The number of hydrogen-bond acceptors (Lipinski definition) is 6. The summed E-state index contributed by atoms with van der Waals surface area (Å²) in [4.78, 5) is 25.0. The fourth-order valence-corrected chi connectivity index (χ4v) is 3.12. The van der Waals surface area contributed by atoms with Crippen molar-refractivity contribution >= 4 is 5.91 Å². The highest BCUT2D eigenvalue weighted by atomic mass is 16.5. The van der Waals surface area contributed by atoms with Crippen LogP contribution < -0.4 is 10.1 Å². The molecule has 1 saturated carbocycles. The van der Waals surface area contributed by atoms with E-state index in [1.165, 1.54) is 30.2 Å². The standard InChI is InChI=1S/C19H20N6O2/c26-18(14-7-9-21-17(10-14)25-13-20-12-24-25)23-11-15-4-3-8-22-19(15)27-16-5-1-2-6-16/h3-4,7-10,12-13,16H,1-2,5-6,11H2,(H,23,26). The van der Waals surface area contributed by atoms with Gasteiger partial charge in [0, 0.05) is 30.1 Å². The molecule has 0 aromatic carbocycles. The van der Waals surface area contributed by atoms with Crippen molar-refractivity contribution in [3.63, 3.8) is 0 Å². The SMILES string of the molecule is O=C(NCc1cccnc1OC1CCCC1)c1ccnc(-n2cncn2)c1. The normalized spacial score (nSPS) is 14.2. The van der Waals surface area contributed by atoms with Gasteiger partial charge in [0.15, 0.2) is 5.82 Å². The van der Waals surface area contributed by atoms with Crippen LogP contribution in [0.15, 0.2) is 49.3 Å². The number of carbonyl (C=O) groups is 1. The lowest BCUT2D eigenvalue weighted by Crippen LogP contribution is -2.24. The Morgan fingerprint density at radius 1 is 1.22 bits per heavy atom. The van der Waals surface area contributed by atoms with E-state index in [9.17, 15) is 4.79 Å². The average Bonchev–Trinajstić information content (AvgIpc) is 3.41. The molecule has 3 aromatic rings. The zero-order valence-electron chi connectivity index (χ0n) is 14.8. The summed E-state index contributed by atoms with van der Waals surface area (Å²) in [5.41, 5.74) is 1.36. The second-order valence-electron chi connectivity index (χ2n) is 6.42. The van der Waals surface area contributed by atoms with E-state index in [1.807, 2.05) is 12.1 Å². The van der Waals surface area contributed by atoms with Gasteiger partial charge in [-0.2, -0.15) is 5.10 Å². The number of nitrogens with zero attached hydrogens (tertiary/aromatic N) is 5. The maximum atomic E-state index is 12.6. The molecule has 3 heterocycles. The maximum Gasteiger partial charge on any atom is 0.251 e. The minimum Gasteiger partial charge on any atom is -0.474 e. The molecule has 0 bridgehead atoms. The van der Waals surface area contributed by atoms with Gasteiger partial charge in [-0.15, -0.1) is 0 Å². The molecule has 0 atom stereocenters. The minimum absolute atomic E-state index is 0.200. The van der Waals surface area contributed by atoms with Crippen LogP contribution in [0.25, 0.3) is 5.82 Å². The second kappa shape index (κ2) is 7.94. The molecule has 8 nitrogen and oxygen atoms in total. The molecule has 8 heteroatoms. The highest BCUT2D eigenvalue weighted by Gasteiger charge is 2.19. The quantitative estimate of drug-likeness (QED) is 0.721. The van der Waals surface area contributed by atoms with Crippen molar-refractivity contribution < 1.29 is 9.53 Å². The molecular formula is C19H20N6O2. The van der Waals surface area contributed by atoms with Crippen molar-refractivity contribution in [3.8, 4) is 11.7 Å². The smallest absolute Gasteiger partial charge is 0.251 e. The monoisotopic (exact) mass is 364 g/mol. The summed E-state index contributed by atoms with van der Waals surface area (Å²) in [5, 5.41) is 6.95. The molecule has 0 radical (unpaired) electrons. The summed E-state index contributed by atoms with van der Waals surface area (Å²) in [5.74, 6) is 0.934. The molecular weight excluding hydrogens is 344 g/mol. The number of aromatic nitrogens is 5. The van der Waals surface area contributed by atoms with Crippen molar-refractivity contribution in [2.24, 2.45) is 0 Å². The topological polar surface area (TPSA) is 94.8 Å². The van der Waals surface area contributed by atoms with E-state index in [0.29, 0.717) is 23.8 Å². The minimum atomic E-state index is -0.200. The largest absolute Gasteiger partial charge is 0.474 e. The fraction of sp³-hybridized carbons (Fsp3) is 0.316. The van der Waals surface area contributed by atoms with Crippen LogP contribution in [0, 0.1) is 0 Å². The van der Waals surface area contributed by atoms with Crippen molar-refractivity contribution in [1.29, 1.82) is 0 Å². The van der Waals surface area contributed by atoms with Gasteiger partial charge in [-0.05, 0) is 43.9 Å². The van der Waals surface area contributed by atoms with Crippen LogP contribution in [-0.2, 0) is 6.54 Å². The Hall–Kier alpha value is -3.29. The second-order valence-corrected chi connectivity index (χ2v) is 6.42. The first-order chi connectivity index (χ1) is 13.3. The lowest BCUT2D eigenvalue weighted by Gasteiger charge is -2.15. The van der Waals surface area contributed by atoms with Gasteiger partial charge in [0.1, 0.15) is 18.8 Å². The van der Waals surface area contributed by atoms with Crippen LogP contribution >= 0.6 is 0 Å². The van der Waals surface area contributed by atoms with Gasteiger partial charge in [-0.25, -0.2) is 19.6 Å². The molecule has 1 N–H and O–H groups in total. The van der Waals surface area contributed by atoms with Gasteiger partial charge in [0.25, 0.3) is 5.91 Å². The van der Waals surface area contributed by atoms with E-state index < -0.39 is 0 Å². The summed E-state index contributed by atoms with van der Waals surface area (Å²) in [6.45, 7) is 0.343. The Bertz CT molecular complexity index is 906. The summed E-state index contributed by atoms with van der Waals surface area (Å²) >= 11 is 0. The number of carbonyl (C=O) groups excluding carboxylic acids is 1. The number of rotatable bonds is 6. The average molecular weight is 364 g/mol. The summed E-state index contributed by atoms with van der Waals surface area (Å²) in [6.07, 6.45) is 11.0. The molecule has 3 aromatic heterocycles. The summed E-state index contributed by atoms with van der Waals surface area (Å²) < 4.78 is 7.53. The van der Waals surface area contributed by atoms with Gasteiger partial charge in [0.05, 0.1) is 0 Å². The molecule has 1 aliphatic carbocycles. The molecule has 1 fully saturated rings. The Balaban J connectivity index is 1.43. The molecule has 138 valence electrons. The lowest BCUT2D eigenvalue weighted by atomic mass is 10.2. The molecule has 4 rings (SSSR count). The molecule has 27 heavy (non-hydrogen) atoms. The first kappa shape index (κ1) is 17.1. The number of ether oxygens (including phenoxy) is 1. The van der Waals surface area contributed by atoms with Crippen LogP contribution in [0.2, 0.25) is 0 Å². The molecule has 1 aliphatic rings. The van der Waals surface area contributed by atoms with Crippen molar-refractivity contribution in [3.05, 3.63) is 60.4 Å². The van der Waals surface area contributed by atoms with E-state index in [1.54, 1.807) is 24.5 Å². The van der Waals surface area contributed by atoms with Gasteiger partial charge >= 0.3 is 0 Å². The van der Waals surface area contributed by atoms with Crippen LogP contribution in [0.5, 0.6) is 5.88 Å². The first-order valence-electron chi connectivity index (χ1n) is 8.99. The van der Waals surface area contributed by atoms with E-state index >= 15 is 0 Å².